The Kier molecular flexibility index (Phi) is 7.35. The number of nitrogens with zero attached hydrogens (tertiary/aromatic N) is 2. The summed E-state index contributed by atoms with van der Waals surface area (Å²) >= 11 is 10.2. The molecule has 0 spiro atoms. The standard InChI is InChI=1S/C24H16BrClN2O5S/c25-18-5-10-21(33-14-16-1-6-19(26)7-2-16)17(11-18)12-22-23(29)27(24(30)34-22)13-15-3-8-20(9-4-15)28(31)32/h1-12H,13-14H2. The largest absolute Gasteiger partial charge is 0.488 e. The van der Waals surface area contributed by atoms with Crippen molar-refractivity contribution in [2.24, 2.45) is 0 Å². The average Bonchev–Trinajstić information content (AvgIpc) is 3.07. The Bertz CT molecular complexity index is 1300. The van der Waals surface area contributed by atoms with Gasteiger partial charge in [0.2, 0.25) is 0 Å². The van der Waals surface area contributed by atoms with Crippen LogP contribution in [0.25, 0.3) is 6.08 Å². The number of nitro benzene ring substituents is 1. The Morgan fingerprint density at radius 2 is 1.71 bits per heavy atom. The Morgan fingerprint density at radius 1 is 1.03 bits per heavy atom. The second-order valence-corrected chi connectivity index (χ2v) is 9.63. The summed E-state index contributed by atoms with van der Waals surface area (Å²) in [4.78, 5) is 37.2. The van der Waals surface area contributed by atoms with Crippen molar-refractivity contribution in [3.63, 3.8) is 0 Å². The van der Waals surface area contributed by atoms with Gasteiger partial charge in [0.1, 0.15) is 12.4 Å². The summed E-state index contributed by atoms with van der Waals surface area (Å²) < 4.78 is 6.75. The topological polar surface area (TPSA) is 89.8 Å². The predicted octanol–water partition coefficient (Wildman–Crippen LogP) is 6.83. The first-order valence-corrected chi connectivity index (χ1v) is 11.9. The number of ether oxygens (including phenoxy) is 1. The molecule has 1 saturated heterocycles. The van der Waals surface area contributed by atoms with Crippen LogP contribution in [0.15, 0.2) is 76.1 Å². The zero-order valence-electron chi connectivity index (χ0n) is 17.4. The van der Waals surface area contributed by atoms with E-state index in [4.69, 9.17) is 16.3 Å². The number of non-ortho nitro benzene ring substituents is 1. The number of rotatable bonds is 7. The van der Waals surface area contributed by atoms with Crippen LogP contribution in [0.2, 0.25) is 5.02 Å². The normalized spacial score (nSPS) is 14.6. The van der Waals surface area contributed by atoms with Gasteiger partial charge < -0.3 is 4.74 Å². The lowest BCUT2D eigenvalue weighted by Gasteiger charge is -2.12. The number of carbonyl (C=O) groups excluding carboxylic acids is 2. The van der Waals surface area contributed by atoms with E-state index < -0.39 is 16.1 Å². The third-order valence-corrected chi connectivity index (χ3v) is 6.58. The molecule has 4 rings (SSSR count). The molecule has 2 amide bonds. The van der Waals surface area contributed by atoms with Crippen LogP contribution in [0, 0.1) is 10.1 Å². The molecule has 3 aromatic carbocycles. The number of carbonyl (C=O) groups is 2. The predicted molar refractivity (Wildman–Crippen MR) is 135 cm³/mol. The van der Waals surface area contributed by atoms with Gasteiger partial charge in [-0.2, -0.15) is 0 Å². The molecule has 10 heteroatoms. The first-order chi connectivity index (χ1) is 16.3. The maximum absolute atomic E-state index is 13.0. The molecule has 0 aromatic heterocycles. The van der Waals surface area contributed by atoms with E-state index in [-0.39, 0.29) is 17.1 Å². The van der Waals surface area contributed by atoms with Gasteiger partial charge in [-0.15, -0.1) is 0 Å². The van der Waals surface area contributed by atoms with E-state index >= 15 is 0 Å². The maximum Gasteiger partial charge on any atom is 0.293 e. The van der Waals surface area contributed by atoms with Gasteiger partial charge in [-0.05, 0) is 59.3 Å². The minimum absolute atomic E-state index is 0.0262. The van der Waals surface area contributed by atoms with Crippen LogP contribution in [0.3, 0.4) is 0 Å². The highest BCUT2D eigenvalue weighted by atomic mass is 79.9. The lowest BCUT2D eigenvalue weighted by molar-refractivity contribution is -0.384. The van der Waals surface area contributed by atoms with Gasteiger partial charge in [-0.25, -0.2) is 0 Å². The van der Waals surface area contributed by atoms with Crippen LogP contribution in [-0.2, 0) is 17.9 Å². The summed E-state index contributed by atoms with van der Waals surface area (Å²) in [5, 5.41) is 11.1. The molecule has 0 saturated carbocycles. The Labute approximate surface area is 212 Å². The van der Waals surface area contributed by atoms with Crippen LogP contribution in [0.5, 0.6) is 5.75 Å². The molecule has 7 nitrogen and oxygen atoms in total. The quantitative estimate of drug-likeness (QED) is 0.179. The van der Waals surface area contributed by atoms with E-state index in [0.717, 1.165) is 26.7 Å². The zero-order valence-corrected chi connectivity index (χ0v) is 20.6. The minimum Gasteiger partial charge on any atom is -0.488 e. The molecule has 0 radical (unpaired) electrons. The lowest BCUT2D eigenvalue weighted by atomic mass is 10.1. The van der Waals surface area contributed by atoms with E-state index in [1.54, 1.807) is 24.3 Å². The SMILES string of the molecule is O=C1SC(=Cc2cc(Br)ccc2OCc2ccc(Cl)cc2)C(=O)N1Cc1ccc([N+](=O)[O-])cc1. The number of imide groups is 1. The zero-order chi connectivity index (χ0) is 24.2. The van der Waals surface area contributed by atoms with Crippen molar-refractivity contribution < 1.29 is 19.2 Å². The molecule has 0 bridgehead atoms. The number of benzene rings is 3. The monoisotopic (exact) mass is 558 g/mol. The first-order valence-electron chi connectivity index (χ1n) is 9.95. The van der Waals surface area contributed by atoms with Crippen molar-refractivity contribution in [2.45, 2.75) is 13.2 Å². The van der Waals surface area contributed by atoms with Crippen LogP contribution < -0.4 is 4.74 Å². The molecule has 172 valence electrons. The molecular weight excluding hydrogens is 544 g/mol. The molecule has 1 aliphatic heterocycles. The van der Waals surface area contributed by atoms with Crippen LogP contribution in [0.4, 0.5) is 10.5 Å². The van der Waals surface area contributed by atoms with E-state index in [1.165, 1.54) is 24.3 Å². The second-order valence-electron chi connectivity index (χ2n) is 7.29. The van der Waals surface area contributed by atoms with Gasteiger partial charge in [0, 0.05) is 27.2 Å². The Morgan fingerprint density at radius 3 is 2.38 bits per heavy atom. The molecule has 1 heterocycles. The highest BCUT2D eigenvalue weighted by Crippen LogP contribution is 2.36. The second kappa shape index (κ2) is 10.4. The van der Waals surface area contributed by atoms with Crippen LogP contribution in [0.1, 0.15) is 16.7 Å². The van der Waals surface area contributed by atoms with Crippen molar-refractivity contribution in [3.05, 3.63) is 108 Å². The molecule has 0 atom stereocenters. The molecule has 0 N–H and O–H groups in total. The molecule has 3 aromatic rings. The number of halogens is 2. The fourth-order valence-corrected chi connectivity index (χ4v) is 4.52. The number of hydrogen-bond acceptors (Lipinski definition) is 6. The molecule has 34 heavy (non-hydrogen) atoms. The van der Waals surface area contributed by atoms with E-state index in [0.29, 0.717) is 28.5 Å². The molecule has 0 unspecified atom stereocenters. The highest BCUT2D eigenvalue weighted by Gasteiger charge is 2.35. The fourth-order valence-electron chi connectivity index (χ4n) is 3.19. The van der Waals surface area contributed by atoms with E-state index in [9.17, 15) is 19.7 Å². The van der Waals surface area contributed by atoms with E-state index in [2.05, 4.69) is 15.9 Å². The summed E-state index contributed by atoms with van der Waals surface area (Å²) in [7, 11) is 0. The number of amides is 2. The fraction of sp³-hybridized carbons (Fsp3) is 0.0833. The average molecular weight is 560 g/mol. The van der Waals surface area contributed by atoms with Crippen molar-refractivity contribution >= 4 is 62.2 Å². The number of thioether (sulfide) groups is 1. The van der Waals surface area contributed by atoms with Crippen molar-refractivity contribution in [2.75, 3.05) is 0 Å². The summed E-state index contributed by atoms with van der Waals surface area (Å²) in [6.07, 6.45) is 1.63. The van der Waals surface area contributed by atoms with Crippen molar-refractivity contribution in [1.82, 2.24) is 4.90 Å². The van der Waals surface area contributed by atoms with Crippen LogP contribution in [-0.4, -0.2) is 21.0 Å². The molecule has 1 fully saturated rings. The Balaban J connectivity index is 1.52. The van der Waals surface area contributed by atoms with Gasteiger partial charge in [-0.3, -0.25) is 24.6 Å². The Hall–Kier alpha value is -3.14. The summed E-state index contributed by atoms with van der Waals surface area (Å²) in [5.74, 6) is 0.122. The van der Waals surface area contributed by atoms with Gasteiger partial charge in [0.15, 0.2) is 0 Å². The van der Waals surface area contributed by atoms with Gasteiger partial charge >= 0.3 is 0 Å². The summed E-state index contributed by atoms with van der Waals surface area (Å²) in [5.41, 5.74) is 2.13. The molecule has 0 aliphatic carbocycles. The lowest BCUT2D eigenvalue weighted by Crippen LogP contribution is -2.27. The van der Waals surface area contributed by atoms with Gasteiger partial charge in [0.05, 0.1) is 16.4 Å². The summed E-state index contributed by atoms with van der Waals surface area (Å²) in [6, 6.07) is 18.5. The third-order valence-electron chi connectivity index (χ3n) is 4.93. The molecule has 1 aliphatic rings. The number of hydrogen-bond donors (Lipinski definition) is 0. The number of nitro groups is 1. The highest BCUT2D eigenvalue weighted by molar-refractivity contribution is 9.10. The van der Waals surface area contributed by atoms with Gasteiger partial charge in [-0.1, -0.05) is 51.8 Å². The van der Waals surface area contributed by atoms with Crippen LogP contribution >= 0.6 is 39.3 Å². The van der Waals surface area contributed by atoms with E-state index in [1.807, 2.05) is 24.3 Å². The molecular formula is C24H16BrClN2O5S. The first kappa shape index (κ1) is 24.0. The van der Waals surface area contributed by atoms with Crippen molar-refractivity contribution in [1.29, 1.82) is 0 Å². The maximum atomic E-state index is 13.0. The summed E-state index contributed by atoms with van der Waals surface area (Å²) in [6.45, 7) is 0.333. The van der Waals surface area contributed by atoms with Gasteiger partial charge in [0.25, 0.3) is 16.8 Å². The van der Waals surface area contributed by atoms with Crippen molar-refractivity contribution in [3.8, 4) is 5.75 Å². The smallest absolute Gasteiger partial charge is 0.293 e. The minimum atomic E-state index is -0.503. The third kappa shape index (κ3) is 5.67.